The summed E-state index contributed by atoms with van der Waals surface area (Å²) in [5.74, 6) is -8.89. The number of nitrogens with one attached hydrogen (secondary N) is 1. The van der Waals surface area contributed by atoms with Gasteiger partial charge in [0.2, 0.25) is 18.3 Å². The van der Waals surface area contributed by atoms with Crippen LogP contribution in [0.4, 0.5) is 0 Å². The van der Waals surface area contributed by atoms with Crippen molar-refractivity contribution in [2.45, 2.75) is 242 Å². The van der Waals surface area contributed by atoms with Crippen molar-refractivity contribution in [2.24, 2.45) is 32.5 Å². The molecule has 3 aliphatic rings. The van der Waals surface area contributed by atoms with E-state index in [2.05, 4.69) is 0 Å². The zero-order valence-electron chi connectivity index (χ0n) is 51.8. The van der Waals surface area contributed by atoms with Crippen LogP contribution in [-0.4, -0.2) is 169 Å². The molecule has 28 heteroatoms. The summed E-state index contributed by atoms with van der Waals surface area (Å²) in [6.07, 6.45) is -25.7. The first-order chi connectivity index (χ1) is 37.9. The summed E-state index contributed by atoms with van der Waals surface area (Å²) in [4.78, 5) is 122. The Morgan fingerprint density at radius 3 is 1.13 bits per heavy atom. The lowest BCUT2D eigenvalue weighted by molar-refractivity contribution is -0.373. The van der Waals surface area contributed by atoms with E-state index in [-0.39, 0.29) is 0 Å². The van der Waals surface area contributed by atoms with Crippen molar-refractivity contribution in [3.63, 3.8) is 0 Å². The smallest absolute Gasteiger partial charge is 0.311 e. The predicted octanol–water partition coefficient (Wildman–Crippen LogP) is 7.12. The highest BCUT2D eigenvalue weighted by atomic mass is 35.6. The SMILES string of the molecule is CC(=O)OC[C@H]1O[C@H](O[C@H]2[C@@H](OC(=O)C(C)(C)C)[C@@H](COC(=O)C(C)(C)C)O[C@@H](O[C@H]3[C@H](OC(=O)C(C)(C)C)[C@@H](OC(=O)C(C)(C)C)[C@@H](OC(=N)C(Cl)(Cl)Cl)O[C@@H]3COC(=O)C(C)(C)C)[C@@H]2OC(=O)C(C)(C)C)C[C@@H](OC(C)=O)[C@H]1OC(C)=O. The molecule has 0 amide bonds. The molecular weight excluding hydrogens is 1180 g/mol. The molecule has 3 saturated heterocycles. The van der Waals surface area contributed by atoms with Gasteiger partial charge in [-0.25, -0.2) is 0 Å². The number of esters is 9. The van der Waals surface area contributed by atoms with Gasteiger partial charge in [-0.2, -0.15) is 0 Å². The first kappa shape index (κ1) is 73.6. The van der Waals surface area contributed by atoms with Crippen molar-refractivity contribution in [3.8, 4) is 0 Å². The average Bonchev–Trinajstić information content (AvgIpc) is 1.88. The standard InChI is InChI=1S/C56H86Cl3NO24/c1-26(61)70-23-30-34(74-28(3)63)29(73-27(2)62)22-33(75-30)78-37-36(80-46(66)52(10,11)12)32(25-72-45(65)51(7,8)9)76-41(39(37)82-48(68)54(16,17)18)79-35-31(24-71-44(64)50(4,5)6)77-42(84-43(60)56(57,58)59)40(83-49(69)55(19,20)21)38(35)81-47(67)53(13,14)15/h29-42,60H,22-25H2,1-21H3/t29-,30-,31-,32-,33-,34-,35-,36+,37+,38+,39-,40-,41+,42-/m1/s1. The van der Waals surface area contributed by atoms with Gasteiger partial charge in [0.15, 0.2) is 37.0 Å². The summed E-state index contributed by atoms with van der Waals surface area (Å²) in [6.45, 7) is 28.5. The highest BCUT2D eigenvalue weighted by Crippen LogP contribution is 2.41. The van der Waals surface area contributed by atoms with E-state index in [4.69, 9.17) is 111 Å². The quantitative estimate of drug-likeness (QED) is 0.0498. The Kier molecular flexibility index (Phi) is 25.0. The molecule has 3 heterocycles. The summed E-state index contributed by atoms with van der Waals surface area (Å²) in [6, 6.07) is 0. The molecule has 14 atom stereocenters. The lowest BCUT2D eigenvalue weighted by Crippen LogP contribution is -2.68. The number of halogens is 3. The first-order valence-corrected chi connectivity index (χ1v) is 28.3. The van der Waals surface area contributed by atoms with Gasteiger partial charge in [0.1, 0.15) is 56.4 Å². The Balaban J connectivity index is 2.61. The third kappa shape index (κ3) is 21.7. The fourth-order valence-corrected chi connectivity index (χ4v) is 7.66. The summed E-state index contributed by atoms with van der Waals surface area (Å²) in [5.41, 5.74) is -7.63. The van der Waals surface area contributed by atoms with Crippen LogP contribution >= 0.6 is 34.8 Å². The molecule has 0 aliphatic carbocycles. The average molecular weight is 1260 g/mol. The highest BCUT2D eigenvalue weighted by molar-refractivity contribution is 6.76. The number of carbonyl (C=O) groups excluding carboxylic acids is 9. The lowest BCUT2D eigenvalue weighted by Gasteiger charge is -2.50. The van der Waals surface area contributed by atoms with Crippen LogP contribution in [0.15, 0.2) is 0 Å². The molecule has 84 heavy (non-hydrogen) atoms. The number of ether oxygens (including phenoxy) is 15. The number of carbonyl (C=O) groups is 9. The van der Waals surface area contributed by atoms with Gasteiger partial charge in [-0.3, -0.25) is 48.6 Å². The maximum atomic E-state index is 14.5. The van der Waals surface area contributed by atoms with E-state index >= 15 is 0 Å². The summed E-state index contributed by atoms with van der Waals surface area (Å²) < 4.78 is 89.6. The zero-order valence-corrected chi connectivity index (χ0v) is 54.1. The predicted molar refractivity (Wildman–Crippen MR) is 295 cm³/mol. The zero-order chi connectivity index (χ0) is 64.8. The number of hydrogen-bond donors (Lipinski definition) is 1. The molecule has 25 nitrogen and oxygen atoms in total. The largest absolute Gasteiger partial charge is 0.463 e. The van der Waals surface area contributed by atoms with Gasteiger partial charge >= 0.3 is 53.7 Å². The maximum Gasteiger partial charge on any atom is 0.311 e. The monoisotopic (exact) mass is 1260 g/mol. The minimum Gasteiger partial charge on any atom is -0.463 e. The Morgan fingerprint density at radius 2 is 0.738 bits per heavy atom. The van der Waals surface area contributed by atoms with Crippen molar-refractivity contribution in [1.29, 1.82) is 5.41 Å². The number of alkyl halides is 3. The Morgan fingerprint density at radius 1 is 0.381 bits per heavy atom. The topological polar surface area (TPSA) is 316 Å². The number of hydrogen-bond acceptors (Lipinski definition) is 25. The molecule has 3 rings (SSSR count). The summed E-state index contributed by atoms with van der Waals surface area (Å²) >= 11 is 18.3. The van der Waals surface area contributed by atoms with Gasteiger partial charge in [-0.1, -0.05) is 34.8 Å². The van der Waals surface area contributed by atoms with Gasteiger partial charge < -0.3 is 71.1 Å². The molecular formula is C56H86Cl3NO24. The van der Waals surface area contributed by atoms with Gasteiger partial charge in [0.25, 0.3) is 3.79 Å². The molecule has 0 bridgehead atoms. The minimum absolute atomic E-state index is 0.478. The van der Waals surface area contributed by atoms with Crippen molar-refractivity contribution in [3.05, 3.63) is 0 Å². The van der Waals surface area contributed by atoms with E-state index in [1.165, 1.54) is 83.1 Å². The van der Waals surface area contributed by atoms with Gasteiger partial charge in [-0.15, -0.1) is 0 Å². The van der Waals surface area contributed by atoms with E-state index in [1.54, 1.807) is 41.5 Å². The fraction of sp³-hybridized carbons (Fsp3) is 0.821. The van der Waals surface area contributed by atoms with Crippen molar-refractivity contribution >= 4 is 94.4 Å². The molecule has 0 radical (unpaired) electrons. The van der Waals surface area contributed by atoms with Crippen molar-refractivity contribution in [2.75, 3.05) is 19.8 Å². The van der Waals surface area contributed by atoms with Crippen LogP contribution in [-0.2, 0) is 114 Å². The second kappa shape index (κ2) is 28.5. The molecule has 0 spiro atoms. The van der Waals surface area contributed by atoms with Crippen LogP contribution in [0.2, 0.25) is 0 Å². The second-order valence-electron chi connectivity index (χ2n) is 26.8. The van der Waals surface area contributed by atoms with Gasteiger partial charge in [0.05, 0.1) is 32.5 Å². The minimum atomic E-state index is -2.57. The first-order valence-electron chi connectivity index (χ1n) is 27.2. The van der Waals surface area contributed by atoms with Crippen LogP contribution in [0.5, 0.6) is 0 Å². The van der Waals surface area contributed by atoms with Crippen LogP contribution in [0.25, 0.3) is 0 Å². The van der Waals surface area contributed by atoms with E-state index in [9.17, 15) is 43.2 Å². The van der Waals surface area contributed by atoms with E-state index < -0.39 is 208 Å². The van der Waals surface area contributed by atoms with Gasteiger partial charge in [0, 0.05) is 27.2 Å². The molecule has 0 aromatic carbocycles. The Bertz CT molecular complexity index is 2390. The van der Waals surface area contributed by atoms with Crippen LogP contribution in [0.1, 0.15) is 152 Å². The second-order valence-corrected chi connectivity index (χ2v) is 29.1. The fourth-order valence-electron chi connectivity index (χ4n) is 7.52. The van der Waals surface area contributed by atoms with Gasteiger partial charge in [-0.05, 0) is 125 Å². The maximum absolute atomic E-state index is 14.5. The molecule has 0 saturated carbocycles. The van der Waals surface area contributed by atoms with Crippen molar-refractivity contribution < 1.29 is 114 Å². The Hall–Kier alpha value is -4.63. The van der Waals surface area contributed by atoms with Crippen LogP contribution < -0.4 is 0 Å². The molecule has 1 N–H and O–H groups in total. The summed E-state index contributed by atoms with van der Waals surface area (Å²) in [5, 5.41) is 8.60. The van der Waals surface area contributed by atoms with E-state index in [0.29, 0.717) is 0 Å². The number of rotatable bonds is 17. The molecule has 3 aliphatic heterocycles. The Labute approximate surface area is 506 Å². The van der Waals surface area contributed by atoms with Crippen LogP contribution in [0.3, 0.4) is 0 Å². The molecule has 0 aromatic rings. The summed E-state index contributed by atoms with van der Waals surface area (Å²) in [7, 11) is 0. The molecule has 3 fully saturated rings. The van der Waals surface area contributed by atoms with E-state index in [0.717, 1.165) is 20.8 Å². The lowest BCUT2D eigenvalue weighted by atomic mass is 9.92. The molecule has 480 valence electrons. The normalized spacial score (nSPS) is 28.0. The van der Waals surface area contributed by atoms with E-state index in [1.807, 2.05) is 0 Å². The third-order valence-corrected chi connectivity index (χ3v) is 12.7. The third-order valence-electron chi connectivity index (χ3n) is 12.2. The van der Waals surface area contributed by atoms with Crippen molar-refractivity contribution in [1.82, 2.24) is 0 Å². The molecule has 0 unspecified atom stereocenters. The highest BCUT2D eigenvalue weighted by Gasteiger charge is 2.60. The molecule has 0 aromatic heterocycles. The van der Waals surface area contributed by atoms with Crippen LogP contribution in [0, 0.1) is 37.9 Å².